The van der Waals surface area contributed by atoms with Crippen LogP contribution in [-0.2, 0) is 6.42 Å². The number of likely N-dealkylation sites (tertiary alicyclic amines) is 1. The number of benzene rings is 1. The Bertz CT molecular complexity index is 501. The van der Waals surface area contributed by atoms with Gasteiger partial charge in [-0.05, 0) is 43.4 Å². The van der Waals surface area contributed by atoms with Gasteiger partial charge in [-0.2, -0.15) is 0 Å². The molecule has 1 aromatic rings. The summed E-state index contributed by atoms with van der Waals surface area (Å²) in [6.45, 7) is 3.02. The zero-order chi connectivity index (χ0) is 14.5. The van der Waals surface area contributed by atoms with Crippen molar-refractivity contribution in [1.29, 1.82) is 0 Å². The lowest BCUT2D eigenvalue weighted by Gasteiger charge is -2.35. The summed E-state index contributed by atoms with van der Waals surface area (Å²) < 4.78 is 0. The van der Waals surface area contributed by atoms with Crippen LogP contribution in [-0.4, -0.2) is 28.4 Å². The topological polar surface area (TPSA) is 46.3 Å². The van der Waals surface area contributed by atoms with Crippen LogP contribution in [0, 0.1) is 0 Å². The second-order valence-corrected chi connectivity index (χ2v) is 5.92. The molecule has 3 nitrogen and oxygen atoms in total. The molecule has 1 aliphatic heterocycles. The molecular weight excluding hydrogens is 268 g/mol. The summed E-state index contributed by atoms with van der Waals surface area (Å²) in [5, 5.41) is 0. The first kappa shape index (κ1) is 15.0. The summed E-state index contributed by atoms with van der Waals surface area (Å²) in [5.74, 6) is 0.140. The van der Waals surface area contributed by atoms with Gasteiger partial charge in [-0.1, -0.05) is 31.3 Å². The molecule has 0 bridgehead atoms. The number of hydrogen-bond acceptors (Lipinski definition) is 2. The Labute approximate surface area is 126 Å². The maximum absolute atomic E-state index is 12.7. The van der Waals surface area contributed by atoms with Crippen molar-refractivity contribution in [2.24, 2.45) is 5.73 Å². The molecule has 2 rings (SSSR count). The SMILES string of the molecule is CCC1CCCCN1C(=O)c1cccc(CC(N)=S)c1. The number of rotatable bonds is 4. The van der Waals surface area contributed by atoms with Crippen molar-refractivity contribution in [2.75, 3.05) is 6.54 Å². The first-order chi connectivity index (χ1) is 9.61. The minimum atomic E-state index is 0.140. The van der Waals surface area contributed by atoms with Crippen LogP contribution in [0.2, 0.25) is 0 Å². The van der Waals surface area contributed by atoms with E-state index in [9.17, 15) is 4.79 Å². The maximum atomic E-state index is 12.7. The minimum absolute atomic E-state index is 0.140. The van der Waals surface area contributed by atoms with Crippen molar-refractivity contribution in [2.45, 2.75) is 45.1 Å². The predicted molar refractivity (Wildman–Crippen MR) is 85.9 cm³/mol. The molecule has 20 heavy (non-hydrogen) atoms. The van der Waals surface area contributed by atoms with E-state index in [4.69, 9.17) is 18.0 Å². The summed E-state index contributed by atoms with van der Waals surface area (Å²) in [4.78, 5) is 15.2. The van der Waals surface area contributed by atoms with Crippen LogP contribution in [0.4, 0.5) is 0 Å². The molecule has 1 unspecified atom stereocenters. The van der Waals surface area contributed by atoms with Gasteiger partial charge in [-0.3, -0.25) is 4.79 Å². The van der Waals surface area contributed by atoms with Crippen molar-refractivity contribution in [3.63, 3.8) is 0 Å². The van der Waals surface area contributed by atoms with Crippen LogP contribution in [0.15, 0.2) is 24.3 Å². The van der Waals surface area contributed by atoms with Crippen LogP contribution in [0.5, 0.6) is 0 Å². The van der Waals surface area contributed by atoms with Gasteiger partial charge >= 0.3 is 0 Å². The number of thiocarbonyl (C=S) groups is 1. The lowest BCUT2D eigenvalue weighted by Crippen LogP contribution is -2.43. The van der Waals surface area contributed by atoms with Crippen molar-refractivity contribution in [3.8, 4) is 0 Å². The molecule has 4 heteroatoms. The third-order valence-corrected chi connectivity index (χ3v) is 4.06. The van der Waals surface area contributed by atoms with E-state index in [-0.39, 0.29) is 5.91 Å². The molecule has 0 aromatic heterocycles. The molecule has 108 valence electrons. The highest BCUT2D eigenvalue weighted by Gasteiger charge is 2.26. The number of carbonyl (C=O) groups excluding carboxylic acids is 1. The molecule has 2 N–H and O–H groups in total. The third-order valence-electron chi connectivity index (χ3n) is 3.91. The third kappa shape index (κ3) is 3.57. The average Bonchev–Trinajstić information content (AvgIpc) is 2.46. The van der Waals surface area contributed by atoms with Crippen LogP contribution >= 0.6 is 12.2 Å². The second-order valence-electron chi connectivity index (χ2n) is 5.40. The fourth-order valence-electron chi connectivity index (χ4n) is 2.87. The Morgan fingerprint density at radius 3 is 2.95 bits per heavy atom. The van der Waals surface area contributed by atoms with Gasteiger partial charge in [-0.25, -0.2) is 0 Å². The molecule has 1 aliphatic rings. The van der Waals surface area contributed by atoms with Crippen LogP contribution in [0.3, 0.4) is 0 Å². The largest absolute Gasteiger partial charge is 0.393 e. The smallest absolute Gasteiger partial charge is 0.254 e. The molecular formula is C16H22N2OS. The summed E-state index contributed by atoms with van der Waals surface area (Å²) in [7, 11) is 0. The zero-order valence-corrected chi connectivity index (χ0v) is 12.8. The number of nitrogens with two attached hydrogens (primary N) is 1. The maximum Gasteiger partial charge on any atom is 0.254 e. The van der Waals surface area contributed by atoms with E-state index in [1.54, 1.807) is 0 Å². The highest BCUT2D eigenvalue weighted by molar-refractivity contribution is 7.80. The van der Waals surface area contributed by atoms with Gasteiger partial charge in [0.05, 0.1) is 4.99 Å². The first-order valence-corrected chi connectivity index (χ1v) is 7.71. The number of nitrogens with zero attached hydrogens (tertiary/aromatic N) is 1. The Kier molecular flexibility index (Phi) is 5.12. The molecule has 0 radical (unpaired) electrons. The first-order valence-electron chi connectivity index (χ1n) is 7.30. The molecule has 0 spiro atoms. The number of hydrogen-bond donors (Lipinski definition) is 1. The highest BCUT2D eigenvalue weighted by Crippen LogP contribution is 2.22. The van der Waals surface area contributed by atoms with Crippen molar-refractivity contribution >= 4 is 23.1 Å². The van der Waals surface area contributed by atoms with Gasteiger partial charge in [0.1, 0.15) is 0 Å². The number of amides is 1. The lowest BCUT2D eigenvalue weighted by atomic mass is 9.98. The molecule has 1 saturated heterocycles. The summed E-state index contributed by atoms with van der Waals surface area (Å²) in [5.41, 5.74) is 7.33. The molecule has 1 heterocycles. The second kappa shape index (κ2) is 6.84. The Morgan fingerprint density at radius 2 is 2.25 bits per heavy atom. The monoisotopic (exact) mass is 290 g/mol. The Morgan fingerprint density at radius 1 is 1.45 bits per heavy atom. The van der Waals surface area contributed by atoms with Gasteiger partial charge in [0.25, 0.3) is 5.91 Å². The Balaban J connectivity index is 2.17. The van der Waals surface area contributed by atoms with Gasteiger partial charge in [0.2, 0.25) is 0 Å². The number of carbonyl (C=O) groups is 1. The quantitative estimate of drug-likeness (QED) is 0.867. The van der Waals surface area contributed by atoms with E-state index in [2.05, 4.69) is 6.92 Å². The molecule has 0 saturated carbocycles. The summed E-state index contributed by atoms with van der Waals surface area (Å²) >= 11 is 4.93. The molecule has 1 atom stereocenters. The minimum Gasteiger partial charge on any atom is -0.393 e. The van der Waals surface area contributed by atoms with Gasteiger partial charge < -0.3 is 10.6 Å². The van der Waals surface area contributed by atoms with E-state index in [0.717, 1.165) is 36.9 Å². The van der Waals surface area contributed by atoms with Crippen LogP contribution in [0.1, 0.15) is 48.5 Å². The van der Waals surface area contributed by atoms with E-state index < -0.39 is 0 Å². The molecule has 1 aromatic carbocycles. The fourth-order valence-corrected chi connectivity index (χ4v) is 3.04. The van der Waals surface area contributed by atoms with E-state index in [1.165, 1.54) is 6.42 Å². The van der Waals surface area contributed by atoms with Gasteiger partial charge in [-0.15, -0.1) is 0 Å². The Hall–Kier alpha value is -1.42. The van der Waals surface area contributed by atoms with Gasteiger partial charge in [0.15, 0.2) is 0 Å². The van der Waals surface area contributed by atoms with E-state index >= 15 is 0 Å². The highest BCUT2D eigenvalue weighted by atomic mass is 32.1. The van der Waals surface area contributed by atoms with Crippen molar-refractivity contribution < 1.29 is 4.79 Å². The van der Waals surface area contributed by atoms with Crippen molar-refractivity contribution in [3.05, 3.63) is 35.4 Å². The molecule has 0 aliphatic carbocycles. The average molecular weight is 290 g/mol. The standard InChI is InChI=1S/C16H22N2OS/c1-2-14-8-3-4-9-18(14)16(19)13-7-5-6-12(10-13)11-15(17)20/h5-7,10,14H,2-4,8-9,11H2,1H3,(H2,17,20). The summed E-state index contributed by atoms with van der Waals surface area (Å²) in [6.07, 6.45) is 5.03. The van der Waals surface area contributed by atoms with Crippen molar-refractivity contribution in [1.82, 2.24) is 4.90 Å². The van der Waals surface area contributed by atoms with E-state index in [1.807, 2.05) is 29.2 Å². The molecule has 1 amide bonds. The van der Waals surface area contributed by atoms with Gasteiger partial charge in [0, 0.05) is 24.6 Å². The molecule has 1 fully saturated rings. The fraction of sp³-hybridized carbons (Fsp3) is 0.500. The van der Waals surface area contributed by atoms with Crippen LogP contribution < -0.4 is 5.73 Å². The predicted octanol–water partition coefficient (Wildman–Crippen LogP) is 2.92. The normalized spacial score (nSPS) is 18.9. The summed E-state index contributed by atoms with van der Waals surface area (Å²) in [6, 6.07) is 8.06. The van der Waals surface area contributed by atoms with E-state index in [0.29, 0.717) is 17.5 Å². The zero-order valence-electron chi connectivity index (χ0n) is 12.0. The lowest BCUT2D eigenvalue weighted by molar-refractivity contribution is 0.0608. The number of piperidine rings is 1. The van der Waals surface area contributed by atoms with Crippen LogP contribution in [0.25, 0.3) is 0 Å².